The van der Waals surface area contributed by atoms with Gasteiger partial charge in [-0.25, -0.2) is 9.97 Å². The summed E-state index contributed by atoms with van der Waals surface area (Å²) in [4.78, 5) is 10.0. The second kappa shape index (κ2) is 9.21. The van der Waals surface area contributed by atoms with E-state index in [4.69, 9.17) is 9.97 Å². The molecule has 0 saturated carbocycles. The Morgan fingerprint density at radius 2 is 1.90 bits per heavy atom. The van der Waals surface area contributed by atoms with Gasteiger partial charge >= 0.3 is 0 Å². The third-order valence-electron chi connectivity index (χ3n) is 5.64. The van der Waals surface area contributed by atoms with Gasteiger partial charge in [0, 0.05) is 41.5 Å². The molecule has 0 fully saturated rings. The molecule has 0 spiro atoms. The van der Waals surface area contributed by atoms with E-state index in [1.165, 1.54) is 22.0 Å². The van der Waals surface area contributed by atoms with Crippen LogP contribution in [0.15, 0.2) is 54.8 Å². The highest BCUT2D eigenvalue weighted by molar-refractivity contribution is 5.85. The topological polar surface area (TPSA) is 30.7 Å². The molecule has 3 heteroatoms. The van der Waals surface area contributed by atoms with Crippen LogP contribution in [0.4, 0.5) is 0 Å². The zero-order valence-electron chi connectivity index (χ0n) is 18.6. The monoisotopic (exact) mass is 387 g/mol. The van der Waals surface area contributed by atoms with Crippen LogP contribution in [-0.2, 0) is 7.05 Å². The van der Waals surface area contributed by atoms with Gasteiger partial charge in [0.1, 0.15) is 5.82 Å². The lowest BCUT2D eigenvalue weighted by Gasteiger charge is -2.20. The molecule has 3 nitrogen and oxygen atoms in total. The molecule has 0 aliphatic carbocycles. The van der Waals surface area contributed by atoms with E-state index in [9.17, 15) is 0 Å². The molecule has 2 aromatic heterocycles. The summed E-state index contributed by atoms with van der Waals surface area (Å²) in [5.74, 6) is 1.48. The van der Waals surface area contributed by atoms with Crippen molar-refractivity contribution in [1.29, 1.82) is 0 Å². The van der Waals surface area contributed by atoms with Crippen LogP contribution in [0.5, 0.6) is 0 Å². The Morgan fingerprint density at radius 3 is 2.62 bits per heavy atom. The van der Waals surface area contributed by atoms with Crippen molar-refractivity contribution in [2.45, 2.75) is 59.3 Å². The third-order valence-corrected chi connectivity index (χ3v) is 5.64. The van der Waals surface area contributed by atoms with Crippen molar-refractivity contribution in [3.8, 4) is 11.3 Å². The van der Waals surface area contributed by atoms with Crippen LogP contribution >= 0.6 is 0 Å². The van der Waals surface area contributed by atoms with Crippen LogP contribution in [0.2, 0.25) is 0 Å². The van der Waals surface area contributed by atoms with Gasteiger partial charge in [-0.15, -0.1) is 0 Å². The van der Waals surface area contributed by atoms with E-state index >= 15 is 0 Å². The first-order chi connectivity index (χ1) is 14.0. The fraction of sp³-hybridized carbons (Fsp3) is 0.385. The van der Waals surface area contributed by atoms with E-state index in [1.54, 1.807) is 0 Å². The fourth-order valence-electron chi connectivity index (χ4n) is 4.03. The summed E-state index contributed by atoms with van der Waals surface area (Å²) in [6, 6.07) is 8.83. The largest absolute Gasteiger partial charge is 0.351 e. The van der Waals surface area contributed by atoms with Gasteiger partial charge in [0.2, 0.25) is 0 Å². The minimum absolute atomic E-state index is 0.165. The normalized spacial score (nSPS) is 14.3. The zero-order valence-corrected chi connectivity index (χ0v) is 18.6. The first-order valence-electron chi connectivity index (χ1n) is 10.7. The first-order valence-corrected chi connectivity index (χ1v) is 10.7. The smallest absolute Gasteiger partial charge is 0.135 e. The predicted molar refractivity (Wildman–Crippen MR) is 124 cm³/mol. The number of benzene rings is 1. The Balaban J connectivity index is 2.17. The Labute approximate surface area is 175 Å². The minimum Gasteiger partial charge on any atom is -0.351 e. The Bertz CT molecular complexity index is 1040. The number of hydrogen-bond donors (Lipinski definition) is 0. The van der Waals surface area contributed by atoms with Crippen molar-refractivity contribution < 1.29 is 0 Å². The molecule has 1 aromatic carbocycles. The number of rotatable bonds is 7. The average molecular weight is 388 g/mol. The van der Waals surface area contributed by atoms with Gasteiger partial charge in [0.15, 0.2) is 0 Å². The molecule has 0 radical (unpaired) electrons. The molecule has 2 unspecified atom stereocenters. The fourth-order valence-corrected chi connectivity index (χ4v) is 4.03. The van der Waals surface area contributed by atoms with E-state index in [1.807, 2.05) is 19.1 Å². The maximum absolute atomic E-state index is 5.11. The van der Waals surface area contributed by atoms with Gasteiger partial charge < -0.3 is 4.57 Å². The van der Waals surface area contributed by atoms with Gasteiger partial charge in [-0.1, -0.05) is 63.6 Å². The van der Waals surface area contributed by atoms with Crippen molar-refractivity contribution in [2.24, 2.45) is 7.05 Å². The molecule has 2 atom stereocenters. The summed E-state index contributed by atoms with van der Waals surface area (Å²) in [5.41, 5.74) is 5.88. The molecular formula is C26H33N3. The van der Waals surface area contributed by atoms with E-state index in [0.717, 1.165) is 30.1 Å². The summed E-state index contributed by atoms with van der Waals surface area (Å²) >= 11 is 0. The molecular weight excluding hydrogens is 354 g/mol. The highest BCUT2D eigenvalue weighted by atomic mass is 14.9. The van der Waals surface area contributed by atoms with Crippen molar-refractivity contribution >= 4 is 10.9 Å². The summed E-state index contributed by atoms with van der Waals surface area (Å²) in [7, 11) is 2.09. The number of nitrogens with zero attached hydrogens (tertiary/aromatic N) is 3. The summed E-state index contributed by atoms with van der Waals surface area (Å²) in [6.45, 7) is 10.9. The zero-order chi connectivity index (χ0) is 21.0. The molecule has 3 rings (SSSR count). The van der Waals surface area contributed by atoms with Crippen LogP contribution in [-0.4, -0.2) is 14.5 Å². The Hall–Kier alpha value is -2.68. The number of hydrogen-bond acceptors (Lipinski definition) is 2. The molecule has 0 aliphatic rings. The minimum atomic E-state index is 0.165. The molecule has 0 N–H and O–H groups in total. The maximum atomic E-state index is 5.11. The first kappa shape index (κ1) is 21.0. The summed E-state index contributed by atoms with van der Waals surface area (Å²) in [5, 5.41) is 1.26. The Morgan fingerprint density at radius 1 is 1.10 bits per heavy atom. The average Bonchev–Trinajstić information content (AvgIpc) is 3.07. The van der Waals surface area contributed by atoms with Gasteiger partial charge in [-0.2, -0.15) is 0 Å². The quantitative estimate of drug-likeness (QED) is 0.405. The van der Waals surface area contributed by atoms with E-state index in [0.29, 0.717) is 5.92 Å². The summed E-state index contributed by atoms with van der Waals surface area (Å²) < 4.78 is 2.17. The van der Waals surface area contributed by atoms with Crippen LogP contribution in [0.1, 0.15) is 69.5 Å². The lowest BCUT2D eigenvalue weighted by molar-refractivity contribution is 0.651. The molecule has 152 valence electrons. The number of aromatic nitrogens is 3. The number of aryl methyl sites for hydroxylation is 2. The van der Waals surface area contributed by atoms with Crippen molar-refractivity contribution in [3.05, 3.63) is 71.8 Å². The highest BCUT2D eigenvalue weighted by Gasteiger charge is 2.20. The predicted octanol–water partition coefficient (Wildman–Crippen LogP) is 7.08. The third kappa shape index (κ3) is 4.50. The SMILES string of the molecule is C/C=C\C=C/C(C)c1nc(C)c(C(C)CCC)c(-c2ccc3ccn(C)c3c2)n1. The van der Waals surface area contributed by atoms with Crippen LogP contribution in [0.25, 0.3) is 22.2 Å². The molecule has 29 heavy (non-hydrogen) atoms. The highest BCUT2D eigenvalue weighted by Crippen LogP contribution is 2.34. The molecule has 3 aromatic rings. The van der Waals surface area contributed by atoms with Crippen LogP contribution in [0.3, 0.4) is 0 Å². The molecule has 2 heterocycles. The number of allylic oxidation sites excluding steroid dienone is 4. The second-order valence-electron chi connectivity index (χ2n) is 8.02. The van der Waals surface area contributed by atoms with Gasteiger partial charge in [0.05, 0.1) is 5.69 Å². The summed E-state index contributed by atoms with van der Waals surface area (Å²) in [6.07, 6.45) is 12.7. The van der Waals surface area contributed by atoms with E-state index < -0.39 is 0 Å². The standard InChI is InChI=1S/C26H33N3/c1-7-9-10-12-19(4)26-27-20(5)24(18(3)11-8-2)25(28-26)22-14-13-21-15-16-29(6)23(21)17-22/h7,9-10,12-19H,8,11H2,1-6H3/b9-7-,12-10-. The van der Waals surface area contributed by atoms with Crippen LogP contribution in [0, 0.1) is 6.92 Å². The lowest BCUT2D eigenvalue weighted by atomic mass is 9.90. The van der Waals surface area contributed by atoms with Gasteiger partial charge in [-0.05, 0) is 43.7 Å². The van der Waals surface area contributed by atoms with Gasteiger partial charge in [-0.3, -0.25) is 0 Å². The lowest BCUT2D eigenvalue weighted by Crippen LogP contribution is -2.09. The maximum Gasteiger partial charge on any atom is 0.135 e. The van der Waals surface area contributed by atoms with E-state index in [2.05, 4.69) is 81.9 Å². The molecule has 0 aliphatic heterocycles. The van der Waals surface area contributed by atoms with Crippen molar-refractivity contribution in [3.63, 3.8) is 0 Å². The van der Waals surface area contributed by atoms with Crippen molar-refractivity contribution in [1.82, 2.24) is 14.5 Å². The number of fused-ring (bicyclic) bond motifs is 1. The van der Waals surface area contributed by atoms with Gasteiger partial charge in [0.25, 0.3) is 0 Å². The molecule has 0 amide bonds. The van der Waals surface area contributed by atoms with Crippen LogP contribution < -0.4 is 0 Å². The second-order valence-corrected chi connectivity index (χ2v) is 8.02. The van der Waals surface area contributed by atoms with E-state index in [-0.39, 0.29) is 5.92 Å². The molecule has 0 saturated heterocycles. The van der Waals surface area contributed by atoms with Crippen molar-refractivity contribution in [2.75, 3.05) is 0 Å². The Kier molecular flexibility index (Phi) is 6.68. The molecule has 0 bridgehead atoms.